The van der Waals surface area contributed by atoms with Gasteiger partial charge in [0, 0.05) is 12.6 Å². The van der Waals surface area contributed by atoms with E-state index >= 15 is 0 Å². The Morgan fingerprint density at radius 2 is 2.20 bits per heavy atom. The molecule has 4 heteroatoms. The summed E-state index contributed by atoms with van der Waals surface area (Å²) in [5.41, 5.74) is 8.26. The van der Waals surface area contributed by atoms with E-state index in [4.69, 9.17) is 10.5 Å². The van der Waals surface area contributed by atoms with E-state index in [1.54, 1.807) is 6.07 Å². The van der Waals surface area contributed by atoms with Crippen molar-refractivity contribution in [1.29, 1.82) is 0 Å². The number of rotatable bonds is 3. The molecular formula is C16H24N2O2. The highest BCUT2D eigenvalue weighted by molar-refractivity contribution is 5.99. The molecule has 0 spiro atoms. The average molecular weight is 276 g/mol. The number of methoxy groups -OCH3 is 1. The highest BCUT2D eigenvalue weighted by Crippen LogP contribution is 2.33. The van der Waals surface area contributed by atoms with Crippen LogP contribution in [0.4, 0.5) is 11.4 Å². The molecule has 20 heavy (non-hydrogen) atoms. The van der Waals surface area contributed by atoms with Gasteiger partial charge in [0.25, 0.3) is 0 Å². The van der Waals surface area contributed by atoms with Crippen LogP contribution in [0.15, 0.2) is 18.2 Å². The molecule has 1 aliphatic rings. The van der Waals surface area contributed by atoms with Gasteiger partial charge in [0.15, 0.2) is 0 Å². The van der Waals surface area contributed by atoms with Gasteiger partial charge < -0.3 is 15.4 Å². The second-order valence-corrected chi connectivity index (χ2v) is 5.34. The number of carbonyl (C=O) groups is 1. The van der Waals surface area contributed by atoms with E-state index in [1.165, 1.54) is 20.0 Å². The molecule has 1 fully saturated rings. The Bertz CT molecular complexity index is 474. The molecule has 1 aliphatic heterocycles. The first-order valence-electron chi connectivity index (χ1n) is 7.42. The number of para-hydroxylation sites is 1. The van der Waals surface area contributed by atoms with Crippen molar-refractivity contribution in [3.05, 3.63) is 23.8 Å². The predicted molar refractivity (Wildman–Crippen MR) is 82.1 cm³/mol. The monoisotopic (exact) mass is 276 g/mol. The van der Waals surface area contributed by atoms with E-state index in [1.807, 2.05) is 12.1 Å². The number of anilines is 2. The molecule has 1 aromatic rings. The summed E-state index contributed by atoms with van der Waals surface area (Å²) in [5, 5.41) is 0. The third kappa shape index (κ3) is 2.89. The number of nitrogens with zero attached hydrogens (tertiary/aromatic N) is 1. The lowest BCUT2D eigenvalue weighted by molar-refractivity contribution is 0.0601. The first-order valence-corrected chi connectivity index (χ1v) is 7.42. The molecule has 1 aromatic carbocycles. The average Bonchev–Trinajstić information content (AvgIpc) is 2.71. The fourth-order valence-corrected chi connectivity index (χ4v) is 3.05. The van der Waals surface area contributed by atoms with Crippen LogP contribution in [0.2, 0.25) is 0 Å². The van der Waals surface area contributed by atoms with Gasteiger partial charge >= 0.3 is 5.97 Å². The number of nitrogen functional groups attached to an aromatic ring is 1. The largest absolute Gasteiger partial charge is 0.465 e. The normalized spacial score (nSPS) is 19.5. The van der Waals surface area contributed by atoms with Gasteiger partial charge in [0.05, 0.1) is 24.0 Å². The van der Waals surface area contributed by atoms with Crippen LogP contribution in [0.5, 0.6) is 0 Å². The summed E-state index contributed by atoms with van der Waals surface area (Å²) in [5.74, 6) is -0.314. The van der Waals surface area contributed by atoms with Crippen LogP contribution in [0.25, 0.3) is 0 Å². The maximum absolute atomic E-state index is 12.0. The first-order chi connectivity index (χ1) is 9.69. The van der Waals surface area contributed by atoms with Crippen LogP contribution in [0.1, 0.15) is 49.4 Å². The predicted octanol–water partition coefficient (Wildman–Crippen LogP) is 3.21. The Morgan fingerprint density at radius 1 is 1.40 bits per heavy atom. The SMILES string of the molecule is CCC1CCCCCN1c1c(N)cccc1C(=O)OC. The van der Waals surface area contributed by atoms with E-state index < -0.39 is 0 Å². The fourth-order valence-electron chi connectivity index (χ4n) is 3.05. The van der Waals surface area contributed by atoms with Crippen molar-refractivity contribution in [2.45, 2.75) is 45.1 Å². The summed E-state index contributed by atoms with van der Waals surface area (Å²) in [7, 11) is 1.41. The Kier molecular flexibility index (Phi) is 4.88. The third-order valence-electron chi connectivity index (χ3n) is 4.11. The molecule has 0 radical (unpaired) electrons. The van der Waals surface area contributed by atoms with E-state index in [0.717, 1.165) is 31.5 Å². The number of hydrogen-bond acceptors (Lipinski definition) is 4. The zero-order valence-corrected chi connectivity index (χ0v) is 12.4. The van der Waals surface area contributed by atoms with Crippen molar-refractivity contribution in [2.75, 3.05) is 24.3 Å². The van der Waals surface area contributed by atoms with Crippen molar-refractivity contribution in [3.8, 4) is 0 Å². The van der Waals surface area contributed by atoms with Gasteiger partial charge in [-0.1, -0.05) is 25.8 Å². The standard InChI is InChI=1S/C16H24N2O2/c1-3-12-8-5-4-6-11-18(12)15-13(16(19)20-2)9-7-10-14(15)17/h7,9-10,12H,3-6,8,11,17H2,1-2H3. The van der Waals surface area contributed by atoms with Crippen LogP contribution < -0.4 is 10.6 Å². The molecule has 0 bridgehead atoms. The number of carbonyl (C=O) groups excluding carboxylic acids is 1. The molecule has 1 saturated heterocycles. The molecule has 0 saturated carbocycles. The molecular weight excluding hydrogens is 252 g/mol. The Morgan fingerprint density at radius 3 is 2.90 bits per heavy atom. The third-order valence-corrected chi connectivity index (χ3v) is 4.11. The molecule has 110 valence electrons. The number of nitrogens with two attached hydrogens (primary N) is 1. The maximum Gasteiger partial charge on any atom is 0.340 e. The highest BCUT2D eigenvalue weighted by Gasteiger charge is 2.26. The van der Waals surface area contributed by atoms with Gasteiger partial charge in [0.1, 0.15) is 0 Å². The van der Waals surface area contributed by atoms with Gasteiger partial charge in [-0.25, -0.2) is 4.79 Å². The molecule has 1 unspecified atom stereocenters. The van der Waals surface area contributed by atoms with Crippen LogP contribution in [0.3, 0.4) is 0 Å². The lowest BCUT2D eigenvalue weighted by Gasteiger charge is -2.33. The quantitative estimate of drug-likeness (QED) is 0.680. The Labute approximate surface area is 120 Å². The zero-order valence-electron chi connectivity index (χ0n) is 12.4. The zero-order chi connectivity index (χ0) is 14.5. The van der Waals surface area contributed by atoms with E-state index in [9.17, 15) is 4.79 Å². The Balaban J connectivity index is 2.45. The molecule has 2 N–H and O–H groups in total. The number of esters is 1. The Hall–Kier alpha value is -1.71. The van der Waals surface area contributed by atoms with E-state index in [2.05, 4.69) is 11.8 Å². The minimum Gasteiger partial charge on any atom is -0.465 e. The lowest BCUT2D eigenvalue weighted by Crippen LogP contribution is -2.36. The van der Waals surface area contributed by atoms with Crippen LogP contribution in [0, 0.1) is 0 Å². The van der Waals surface area contributed by atoms with Crippen LogP contribution in [-0.4, -0.2) is 25.7 Å². The molecule has 0 aromatic heterocycles. The maximum atomic E-state index is 12.0. The minimum atomic E-state index is -0.314. The lowest BCUT2D eigenvalue weighted by atomic mass is 10.0. The molecule has 1 heterocycles. The smallest absolute Gasteiger partial charge is 0.340 e. The molecule has 0 aliphatic carbocycles. The molecule has 2 rings (SSSR count). The second kappa shape index (κ2) is 6.64. The van der Waals surface area contributed by atoms with Crippen LogP contribution in [-0.2, 0) is 4.74 Å². The van der Waals surface area contributed by atoms with Gasteiger partial charge in [-0.15, -0.1) is 0 Å². The number of ether oxygens (including phenoxy) is 1. The molecule has 0 amide bonds. The van der Waals surface area contributed by atoms with Crippen LogP contribution >= 0.6 is 0 Å². The summed E-state index contributed by atoms with van der Waals surface area (Å²) in [6.45, 7) is 3.15. The molecule has 4 nitrogen and oxygen atoms in total. The van der Waals surface area contributed by atoms with Crippen molar-refractivity contribution in [3.63, 3.8) is 0 Å². The number of benzene rings is 1. The first kappa shape index (κ1) is 14.7. The number of hydrogen-bond donors (Lipinski definition) is 1. The second-order valence-electron chi connectivity index (χ2n) is 5.34. The van der Waals surface area contributed by atoms with Gasteiger partial charge in [-0.3, -0.25) is 0 Å². The summed E-state index contributed by atoms with van der Waals surface area (Å²) >= 11 is 0. The fraction of sp³-hybridized carbons (Fsp3) is 0.562. The van der Waals surface area contributed by atoms with Crippen molar-refractivity contribution in [2.24, 2.45) is 0 Å². The van der Waals surface area contributed by atoms with E-state index in [0.29, 0.717) is 17.3 Å². The van der Waals surface area contributed by atoms with Crippen molar-refractivity contribution in [1.82, 2.24) is 0 Å². The van der Waals surface area contributed by atoms with Gasteiger partial charge in [-0.05, 0) is 31.4 Å². The highest BCUT2D eigenvalue weighted by atomic mass is 16.5. The van der Waals surface area contributed by atoms with Crippen molar-refractivity contribution >= 4 is 17.3 Å². The summed E-state index contributed by atoms with van der Waals surface area (Å²) in [6.07, 6.45) is 5.86. The summed E-state index contributed by atoms with van der Waals surface area (Å²) < 4.78 is 4.90. The van der Waals surface area contributed by atoms with Gasteiger partial charge in [0.2, 0.25) is 0 Å². The van der Waals surface area contributed by atoms with E-state index in [-0.39, 0.29) is 5.97 Å². The van der Waals surface area contributed by atoms with Gasteiger partial charge in [-0.2, -0.15) is 0 Å². The minimum absolute atomic E-state index is 0.314. The summed E-state index contributed by atoms with van der Waals surface area (Å²) in [6, 6.07) is 5.92. The summed E-state index contributed by atoms with van der Waals surface area (Å²) in [4.78, 5) is 14.3. The van der Waals surface area contributed by atoms with Crippen molar-refractivity contribution < 1.29 is 9.53 Å². The molecule has 1 atom stereocenters. The topological polar surface area (TPSA) is 55.6 Å².